The maximum absolute atomic E-state index is 12.4. The van der Waals surface area contributed by atoms with Crippen molar-refractivity contribution in [3.63, 3.8) is 0 Å². The molecule has 2 aromatic rings. The Hall–Kier alpha value is -4.21. The summed E-state index contributed by atoms with van der Waals surface area (Å²) >= 11 is 0. The molecular weight excluding hydrogens is 432 g/mol. The summed E-state index contributed by atoms with van der Waals surface area (Å²) in [6.45, 7) is -0.415. The van der Waals surface area contributed by atoms with Gasteiger partial charge in [-0.15, -0.1) is 0 Å². The van der Waals surface area contributed by atoms with Crippen LogP contribution in [0.4, 0.5) is 11.4 Å². The zero-order valence-electron chi connectivity index (χ0n) is 18.0. The number of anilines is 2. The highest BCUT2D eigenvalue weighted by Crippen LogP contribution is 2.26. The molecule has 1 aliphatic heterocycles. The molecule has 2 aromatic carbocycles. The zero-order valence-corrected chi connectivity index (χ0v) is 18.0. The first kappa shape index (κ1) is 23.5. The smallest absolute Gasteiger partial charge is 0.337 e. The second-order valence-electron chi connectivity index (χ2n) is 7.17. The molecule has 1 fully saturated rings. The fourth-order valence-corrected chi connectivity index (χ4v) is 3.27. The Labute approximate surface area is 189 Å². The van der Waals surface area contributed by atoms with E-state index in [0.717, 1.165) is 0 Å². The average molecular weight is 454 g/mol. The van der Waals surface area contributed by atoms with Crippen LogP contribution in [0.2, 0.25) is 0 Å². The van der Waals surface area contributed by atoms with E-state index in [4.69, 9.17) is 4.74 Å². The third-order valence-corrected chi connectivity index (χ3v) is 4.99. The molecule has 33 heavy (non-hydrogen) atoms. The molecule has 172 valence electrons. The Kier molecular flexibility index (Phi) is 7.39. The zero-order chi connectivity index (χ0) is 24.0. The number of nitrogens with zero attached hydrogens (tertiary/aromatic N) is 1. The van der Waals surface area contributed by atoms with Gasteiger partial charge >= 0.3 is 17.9 Å². The molecular formula is C23H22N2O8. The van der Waals surface area contributed by atoms with Crippen LogP contribution in [-0.4, -0.2) is 57.1 Å². The molecule has 0 aliphatic carbocycles. The molecule has 0 saturated carbocycles. The first-order chi connectivity index (χ1) is 15.8. The van der Waals surface area contributed by atoms with Crippen LogP contribution in [0, 0.1) is 5.92 Å². The van der Waals surface area contributed by atoms with Gasteiger partial charge in [0.15, 0.2) is 6.61 Å². The summed E-state index contributed by atoms with van der Waals surface area (Å²) in [5.41, 5.74) is 1.63. The van der Waals surface area contributed by atoms with Gasteiger partial charge in [-0.1, -0.05) is 0 Å². The summed E-state index contributed by atoms with van der Waals surface area (Å²) in [5, 5.41) is 2.55. The Bertz CT molecular complexity index is 1060. The number of nitrogens with one attached hydrogen (secondary N) is 1. The van der Waals surface area contributed by atoms with Gasteiger partial charge in [-0.3, -0.25) is 14.4 Å². The number of ether oxygens (including phenoxy) is 3. The van der Waals surface area contributed by atoms with Crippen LogP contribution < -0.4 is 10.2 Å². The number of carbonyl (C=O) groups excluding carboxylic acids is 5. The first-order valence-electron chi connectivity index (χ1n) is 9.96. The molecule has 10 heteroatoms. The predicted molar refractivity (Wildman–Crippen MR) is 116 cm³/mol. The largest absolute Gasteiger partial charge is 0.465 e. The van der Waals surface area contributed by atoms with E-state index in [-0.39, 0.29) is 18.9 Å². The van der Waals surface area contributed by atoms with Crippen molar-refractivity contribution in [3.8, 4) is 0 Å². The second-order valence-corrected chi connectivity index (χ2v) is 7.17. The number of carbonyl (C=O) groups is 5. The molecule has 0 spiro atoms. The van der Waals surface area contributed by atoms with Gasteiger partial charge in [-0.2, -0.15) is 0 Å². The van der Waals surface area contributed by atoms with Gasteiger partial charge in [0.25, 0.3) is 5.91 Å². The van der Waals surface area contributed by atoms with E-state index < -0.39 is 36.3 Å². The SMILES string of the molecule is COC(=O)c1ccc(NC(=O)COC(=O)[C@H]2CC(=O)N(c3ccc(C(=O)OC)cc3)C2)cc1. The molecule has 1 atom stereocenters. The highest BCUT2D eigenvalue weighted by Gasteiger charge is 2.36. The number of hydrogen-bond acceptors (Lipinski definition) is 8. The topological polar surface area (TPSA) is 128 Å². The van der Waals surface area contributed by atoms with Gasteiger partial charge in [0.05, 0.1) is 31.3 Å². The van der Waals surface area contributed by atoms with E-state index in [0.29, 0.717) is 22.5 Å². The maximum atomic E-state index is 12.4. The van der Waals surface area contributed by atoms with Gasteiger partial charge in [0.2, 0.25) is 5.91 Å². The molecule has 1 heterocycles. The maximum Gasteiger partial charge on any atom is 0.337 e. The number of esters is 3. The third kappa shape index (κ3) is 5.73. The number of benzene rings is 2. The van der Waals surface area contributed by atoms with Crippen molar-refractivity contribution >= 4 is 41.1 Å². The monoisotopic (exact) mass is 454 g/mol. The normalized spacial score (nSPS) is 15.0. The summed E-state index contributed by atoms with van der Waals surface area (Å²) in [6.07, 6.45) is -0.0474. The molecule has 1 aliphatic rings. The Balaban J connectivity index is 1.50. The molecule has 0 unspecified atom stereocenters. The van der Waals surface area contributed by atoms with E-state index >= 15 is 0 Å². The highest BCUT2D eigenvalue weighted by atomic mass is 16.5. The van der Waals surface area contributed by atoms with Crippen molar-refractivity contribution in [3.05, 3.63) is 59.7 Å². The minimum atomic E-state index is -0.718. The van der Waals surface area contributed by atoms with Crippen LogP contribution in [0.15, 0.2) is 48.5 Å². The van der Waals surface area contributed by atoms with E-state index in [1.165, 1.54) is 55.5 Å². The lowest BCUT2D eigenvalue weighted by atomic mass is 10.1. The molecule has 0 aromatic heterocycles. The third-order valence-electron chi connectivity index (χ3n) is 4.99. The van der Waals surface area contributed by atoms with Crippen molar-refractivity contribution in [1.29, 1.82) is 0 Å². The van der Waals surface area contributed by atoms with Crippen LogP contribution in [-0.2, 0) is 28.6 Å². The molecule has 1 N–H and O–H groups in total. The van der Waals surface area contributed by atoms with Crippen molar-refractivity contribution in [2.24, 2.45) is 5.92 Å². The summed E-state index contributed by atoms with van der Waals surface area (Å²) in [6, 6.07) is 12.3. The van der Waals surface area contributed by atoms with E-state index in [2.05, 4.69) is 14.8 Å². The molecule has 10 nitrogen and oxygen atoms in total. The number of amides is 2. The second kappa shape index (κ2) is 10.4. The summed E-state index contributed by atoms with van der Waals surface area (Å²) in [5.74, 6) is -3.19. The van der Waals surface area contributed by atoms with Crippen molar-refractivity contribution in [2.45, 2.75) is 6.42 Å². The lowest BCUT2D eigenvalue weighted by Crippen LogP contribution is -2.28. The van der Waals surface area contributed by atoms with E-state index in [9.17, 15) is 24.0 Å². The standard InChI is InChI=1S/C23H22N2O8/c1-31-21(28)14-3-7-17(8-4-14)24-19(26)13-33-23(30)16-11-20(27)25(12-16)18-9-5-15(6-10-18)22(29)32-2/h3-10,16H,11-13H2,1-2H3,(H,24,26)/t16-/m0/s1. The Morgan fingerprint density at radius 1 is 0.909 bits per heavy atom. The predicted octanol–water partition coefficient (Wildman–Crippen LogP) is 1.79. The van der Waals surface area contributed by atoms with Gasteiger partial charge in [0, 0.05) is 24.3 Å². The minimum Gasteiger partial charge on any atom is -0.465 e. The van der Waals surface area contributed by atoms with Crippen LogP contribution >= 0.6 is 0 Å². The fourth-order valence-electron chi connectivity index (χ4n) is 3.27. The van der Waals surface area contributed by atoms with Crippen LogP contribution in [0.3, 0.4) is 0 Å². The van der Waals surface area contributed by atoms with Gasteiger partial charge in [-0.05, 0) is 48.5 Å². The molecule has 2 amide bonds. The number of methoxy groups -OCH3 is 2. The van der Waals surface area contributed by atoms with Crippen molar-refractivity contribution < 1.29 is 38.2 Å². The highest BCUT2D eigenvalue weighted by molar-refractivity contribution is 6.00. The van der Waals surface area contributed by atoms with Gasteiger partial charge in [0.1, 0.15) is 0 Å². The van der Waals surface area contributed by atoms with Gasteiger partial charge in [-0.25, -0.2) is 9.59 Å². The Morgan fingerprint density at radius 3 is 2.00 bits per heavy atom. The lowest BCUT2D eigenvalue weighted by Gasteiger charge is -2.16. The summed E-state index contributed by atoms with van der Waals surface area (Å²) in [4.78, 5) is 61.2. The van der Waals surface area contributed by atoms with Crippen molar-refractivity contribution in [1.82, 2.24) is 0 Å². The van der Waals surface area contributed by atoms with Crippen molar-refractivity contribution in [2.75, 3.05) is 37.6 Å². The average Bonchev–Trinajstić information content (AvgIpc) is 3.23. The molecule has 0 radical (unpaired) electrons. The summed E-state index contributed by atoms with van der Waals surface area (Å²) < 4.78 is 14.3. The van der Waals surface area contributed by atoms with Crippen LogP contribution in [0.5, 0.6) is 0 Å². The van der Waals surface area contributed by atoms with Crippen LogP contribution in [0.25, 0.3) is 0 Å². The summed E-state index contributed by atoms with van der Waals surface area (Å²) in [7, 11) is 2.54. The number of hydrogen-bond donors (Lipinski definition) is 1. The molecule has 3 rings (SSSR count). The Morgan fingerprint density at radius 2 is 1.45 bits per heavy atom. The fraction of sp³-hybridized carbons (Fsp3) is 0.261. The first-order valence-corrected chi connectivity index (χ1v) is 9.96. The minimum absolute atomic E-state index is 0.0474. The van der Waals surface area contributed by atoms with E-state index in [1.54, 1.807) is 12.1 Å². The molecule has 1 saturated heterocycles. The number of rotatable bonds is 7. The van der Waals surface area contributed by atoms with Crippen LogP contribution in [0.1, 0.15) is 27.1 Å². The molecule has 0 bridgehead atoms. The lowest BCUT2D eigenvalue weighted by molar-refractivity contribution is -0.151. The van der Waals surface area contributed by atoms with E-state index in [1.807, 2.05) is 0 Å². The van der Waals surface area contributed by atoms with Gasteiger partial charge < -0.3 is 24.4 Å². The quantitative estimate of drug-likeness (QED) is 0.495.